The van der Waals surface area contributed by atoms with E-state index in [0.29, 0.717) is 30.8 Å². The minimum absolute atomic E-state index is 0.0991. The first-order valence-electron chi connectivity index (χ1n) is 9.58. The van der Waals surface area contributed by atoms with E-state index >= 15 is 0 Å². The van der Waals surface area contributed by atoms with Gasteiger partial charge in [-0.25, -0.2) is 0 Å². The average Bonchev–Trinajstić information content (AvgIpc) is 2.67. The van der Waals surface area contributed by atoms with Crippen LogP contribution in [-0.4, -0.2) is 18.4 Å². The first kappa shape index (κ1) is 22.0. The summed E-state index contributed by atoms with van der Waals surface area (Å²) in [6, 6.07) is 16.6. The zero-order valence-corrected chi connectivity index (χ0v) is 17.1. The third-order valence-corrected chi connectivity index (χ3v) is 4.23. The van der Waals surface area contributed by atoms with Gasteiger partial charge in [-0.3, -0.25) is 9.59 Å². The molecule has 2 aromatic rings. The van der Waals surface area contributed by atoms with Gasteiger partial charge in [0.25, 0.3) is 0 Å². The molecule has 0 atom stereocenters. The van der Waals surface area contributed by atoms with Gasteiger partial charge >= 0.3 is 0 Å². The topological polar surface area (TPSA) is 91.2 Å². The van der Waals surface area contributed by atoms with Crippen molar-refractivity contribution in [2.45, 2.75) is 45.4 Å². The van der Waals surface area contributed by atoms with Crippen LogP contribution in [0.15, 0.2) is 48.5 Å². The second-order valence-electron chi connectivity index (χ2n) is 7.73. The molecule has 0 aromatic heterocycles. The number of ether oxygens (including phenoxy) is 1. The Kier molecular flexibility index (Phi) is 7.79. The molecular weight excluding hydrogens is 366 g/mol. The largest absolute Gasteiger partial charge is 0.494 e. The molecule has 29 heavy (non-hydrogen) atoms. The standard InChI is InChI=1S/C23H27N3O3/c1-23(2,3)17-6-12-20(13-7-17)29-16-4-5-21(27)25-18-8-10-19(11-9-18)26-22(28)14-15-24/h6-13H,4-5,14,16H2,1-3H3,(H,25,27)(H,26,28). The van der Waals surface area contributed by atoms with Crippen molar-refractivity contribution in [3.63, 3.8) is 0 Å². The number of anilines is 2. The Morgan fingerprint density at radius 2 is 1.48 bits per heavy atom. The predicted octanol–water partition coefficient (Wildman–Crippen LogP) is 4.63. The van der Waals surface area contributed by atoms with E-state index in [0.717, 1.165) is 5.75 Å². The maximum Gasteiger partial charge on any atom is 0.238 e. The molecule has 0 heterocycles. The number of benzene rings is 2. The summed E-state index contributed by atoms with van der Waals surface area (Å²) in [7, 11) is 0. The van der Waals surface area contributed by atoms with E-state index in [2.05, 4.69) is 43.5 Å². The van der Waals surface area contributed by atoms with Crippen molar-refractivity contribution >= 4 is 23.2 Å². The Hall–Kier alpha value is -3.33. The highest BCUT2D eigenvalue weighted by Gasteiger charge is 2.13. The maximum absolute atomic E-state index is 12.1. The fourth-order valence-electron chi connectivity index (χ4n) is 2.61. The molecule has 152 valence electrons. The predicted molar refractivity (Wildman–Crippen MR) is 114 cm³/mol. The van der Waals surface area contributed by atoms with E-state index in [1.165, 1.54) is 5.56 Å². The molecule has 0 fully saturated rings. The van der Waals surface area contributed by atoms with E-state index in [1.807, 2.05) is 12.1 Å². The fourth-order valence-corrected chi connectivity index (χ4v) is 2.61. The molecule has 0 unspecified atom stereocenters. The second kappa shape index (κ2) is 10.3. The van der Waals surface area contributed by atoms with Gasteiger partial charge in [-0.2, -0.15) is 5.26 Å². The molecule has 2 N–H and O–H groups in total. The van der Waals surface area contributed by atoms with Crippen LogP contribution in [0.2, 0.25) is 0 Å². The first-order valence-corrected chi connectivity index (χ1v) is 9.58. The lowest BCUT2D eigenvalue weighted by Crippen LogP contribution is -2.13. The van der Waals surface area contributed by atoms with Crippen LogP contribution in [0.4, 0.5) is 11.4 Å². The van der Waals surface area contributed by atoms with Gasteiger partial charge in [0.1, 0.15) is 12.2 Å². The second-order valence-corrected chi connectivity index (χ2v) is 7.73. The number of hydrogen-bond donors (Lipinski definition) is 2. The molecule has 6 nitrogen and oxygen atoms in total. The lowest BCUT2D eigenvalue weighted by Gasteiger charge is -2.19. The molecule has 0 spiro atoms. The summed E-state index contributed by atoms with van der Waals surface area (Å²) in [4.78, 5) is 23.4. The molecule has 2 amide bonds. The van der Waals surface area contributed by atoms with Crippen LogP contribution in [0.25, 0.3) is 0 Å². The zero-order valence-electron chi connectivity index (χ0n) is 17.1. The zero-order chi connectivity index (χ0) is 21.3. The van der Waals surface area contributed by atoms with Gasteiger partial charge < -0.3 is 15.4 Å². The van der Waals surface area contributed by atoms with Gasteiger partial charge in [0.2, 0.25) is 11.8 Å². The Balaban J connectivity index is 1.70. The maximum atomic E-state index is 12.1. The molecule has 6 heteroatoms. The van der Waals surface area contributed by atoms with Crippen LogP contribution in [0.3, 0.4) is 0 Å². The summed E-state index contributed by atoms with van der Waals surface area (Å²) in [6.45, 7) is 6.96. The highest BCUT2D eigenvalue weighted by atomic mass is 16.5. The first-order chi connectivity index (χ1) is 13.8. The molecular formula is C23H27N3O3. The smallest absolute Gasteiger partial charge is 0.238 e. The molecule has 0 aliphatic rings. The van der Waals surface area contributed by atoms with Crippen LogP contribution in [0.1, 0.15) is 45.6 Å². The number of rotatable bonds is 8. The van der Waals surface area contributed by atoms with Gasteiger partial charge in [0.15, 0.2) is 0 Å². The van der Waals surface area contributed by atoms with Gasteiger partial charge in [0, 0.05) is 17.8 Å². The number of carbonyl (C=O) groups excluding carboxylic acids is 2. The van der Waals surface area contributed by atoms with Crippen molar-refractivity contribution < 1.29 is 14.3 Å². The quantitative estimate of drug-likeness (QED) is 0.640. The van der Waals surface area contributed by atoms with E-state index < -0.39 is 0 Å². The Labute approximate surface area is 171 Å². The lowest BCUT2D eigenvalue weighted by atomic mass is 9.87. The minimum Gasteiger partial charge on any atom is -0.494 e. The van der Waals surface area contributed by atoms with Crippen molar-refractivity contribution in [3.8, 4) is 11.8 Å². The van der Waals surface area contributed by atoms with E-state index in [-0.39, 0.29) is 23.7 Å². The molecule has 2 rings (SSSR count). The van der Waals surface area contributed by atoms with E-state index in [4.69, 9.17) is 10.00 Å². The van der Waals surface area contributed by atoms with Crippen molar-refractivity contribution in [2.24, 2.45) is 0 Å². The number of nitriles is 1. The monoisotopic (exact) mass is 393 g/mol. The Morgan fingerprint density at radius 1 is 0.931 bits per heavy atom. The number of amides is 2. The van der Waals surface area contributed by atoms with Gasteiger partial charge in [0.05, 0.1) is 12.7 Å². The highest BCUT2D eigenvalue weighted by molar-refractivity contribution is 5.93. The molecule has 0 radical (unpaired) electrons. The van der Waals surface area contributed by atoms with Gasteiger partial charge in [-0.1, -0.05) is 32.9 Å². The van der Waals surface area contributed by atoms with Crippen molar-refractivity contribution in [1.29, 1.82) is 5.26 Å². The highest BCUT2D eigenvalue weighted by Crippen LogP contribution is 2.24. The van der Waals surface area contributed by atoms with E-state index in [9.17, 15) is 9.59 Å². The third kappa shape index (κ3) is 7.67. The summed E-state index contributed by atoms with van der Waals surface area (Å²) in [6.07, 6.45) is 0.761. The summed E-state index contributed by atoms with van der Waals surface area (Å²) < 4.78 is 5.70. The van der Waals surface area contributed by atoms with E-state index in [1.54, 1.807) is 30.3 Å². The minimum atomic E-state index is -0.364. The Morgan fingerprint density at radius 3 is 2.00 bits per heavy atom. The number of carbonyl (C=O) groups is 2. The van der Waals surface area contributed by atoms with Crippen molar-refractivity contribution in [1.82, 2.24) is 0 Å². The van der Waals surface area contributed by atoms with Crippen molar-refractivity contribution in [3.05, 3.63) is 54.1 Å². The molecule has 2 aromatic carbocycles. The molecule has 0 bridgehead atoms. The third-order valence-electron chi connectivity index (χ3n) is 4.23. The summed E-state index contributed by atoms with van der Waals surface area (Å²) in [5.41, 5.74) is 2.58. The molecule has 0 aliphatic heterocycles. The number of nitrogens with one attached hydrogen (secondary N) is 2. The summed E-state index contributed by atoms with van der Waals surface area (Å²) in [5.74, 6) is 0.336. The van der Waals surface area contributed by atoms with Gasteiger partial charge in [-0.05, 0) is 53.8 Å². The van der Waals surface area contributed by atoms with Crippen molar-refractivity contribution in [2.75, 3.05) is 17.2 Å². The lowest BCUT2D eigenvalue weighted by molar-refractivity contribution is -0.116. The molecule has 0 aliphatic carbocycles. The van der Waals surface area contributed by atoms with Crippen LogP contribution < -0.4 is 15.4 Å². The summed E-state index contributed by atoms with van der Waals surface area (Å²) in [5, 5.41) is 13.9. The Bertz CT molecular complexity index is 860. The number of nitrogens with zero attached hydrogens (tertiary/aromatic N) is 1. The van der Waals surface area contributed by atoms with Crippen LogP contribution in [-0.2, 0) is 15.0 Å². The fraction of sp³-hybridized carbons (Fsp3) is 0.348. The average molecular weight is 393 g/mol. The van der Waals surface area contributed by atoms with Crippen LogP contribution >= 0.6 is 0 Å². The normalized spacial score (nSPS) is 10.7. The molecule has 0 saturated carbocycles. The van der Waals surface area contributed by atoms with Crippen LogP contribution in [0.5, 0.6) is 5.75 Å². The van der Waals surface area contributed by atoms with Crippen LogP contribution in [0, 0.1) is 11.3 Å². The SMILES string of the molecule is CC(C)(C)c1ccc(OCCCC(=O)Nc2ccc(NC(=O)CC#N)cc2)cc1. The number of hydrogen-bond acceptors (Lipinski definition) is 4. The molecule has 0 saturated heterocycles. The van der Waals surface area contributed by atoms with Gasteiger partial charge in [-0.15, -0.1) is 0 Å². The summed E-state index contributed by atoms with van der Waals surface area (Å²) >= 11 is 0.